The van der Waals surface area contributed by atoms with E-state index in [9.17, 15) is 26.4 Å². The maximum Gasteiger partial charge on any atom is 0.240 e. The molecule has 4 aromatic carbocycles. The van der Waals surface area contributed by atoms with Gasteiger partial charge in [-0.05, 0) is 135 Å². The second kappa shape index (κ2) is 44.8. The van der Waals surface area contributed by atoms with Crippen LogP contribution in [0.2, 0.25) is 0 Å². The normalized spacial score (nSPS) is 18.2. The van der Waals surface area contributed by atoms with Crippen LogP contribution < -0.4 is 29.6 Å². The van der Waals surface area contributed by atoms with Crippen LogP contribution in [-0.4, -0.2) is 248 Å². The molecule has 0 spiro atoms. The number of rotatable bonds is 52. The van der Waals surface area contributed by atoms with E-state index in [4.69, 9.17) is 61.6 Å². The van der Waals surface area contributed by atoms with Gasteiger partial charge in [0.2, 0.25) is 31.9 Å². The molecule has 0 bridgehead atoms. The Labute approximate surface area is 573 Å². The smallest absolute Gasteiger partial charge is 0.240 e. The van der Waals surface area contributed by atoms with Gasteiger partial charge < -0.3 is 72.2 Å². The SMILES string of the molecule is O=C(CCOCCOCCOCCOCCOCCC(=O)NCCOCCOCCOCCNS(=O)(=O)c1ccc(O[C@H]2c3ccccc3C[C@@H]2N2CCCCC2)cc1)NCCOCCOCCOCCNS(=O)(=O)c1ccc(O[C@H]2c3ccccc3C[C@@H]2N2CCCCC2)cc1. The summed E-state index contributed by atoms with van der Waals surface area (Å²) in [7, 11) is -7.46. The lowest BCUT2D eigenvalue weighted by atomic mass is 10.0. The van der Waals surface area contributed by atoms with Crippen molar-refractivity contribution in [1.29, 1.82) is 0 Å². The molecular formula is C70H104N6O19S2. The van der Waals surface area contributed by atoms with Crippen molar-refractivity contribution in [2.75, 3.05) is 198 Å². The maximum atomic E-state index is 13.0. The van der Waals surface area contributed by atoms with E-state index in [2.05, 4.69) is 78.4 Å². The molecule has 4 aromatic rings. The fourth-order valence-corrected chi connectivity index (χ4v) is 14.0. The van der Waals surface area contributed by atoms with Gasteiger partial charge in [-0.15, -0.1) is 0 Å². The summed E-state index contributed by atoms with van der Waals surface area (Å²) in [5, 5.41) is 5.58. The van der Waals surface area contributed by atoms with Crippen LogP contribution in [0.5, 0.6) is 11.5 Å². The molecule has 4 aliphatic rings. The molecule has 2 amide bonds. The van der Waals surface area contributed by atoms with Crippen LogP contribution in [0.15, 0.2) is 107 Å². The number of ether oxygens (including phenoxy) is 13. The summed E-state index contributed by atoms with van der Waals surface area (Å²) in [6.45, 7) is 12.5. The number of carbonyl (C=O) groups is 2. The third kappa shape index (κ3) is 28.3. The predicted octanol–water partition coefficient (Wildman–Crippen LogP) is 5.20. The summed E-state index contributed by atoms with van der Waals surface area (Å²) in [5.74, 6) is 1.000. The van der Waals surface area contributed by atoms with Crippen molar-refractivity contribution in [1.82, 2.24) is 29.9 Å². The number of hydrogen-bond donors (Lipinski definition) is 4. The van der Waals surface area contributed by atoms with E-state index in [0.29, 0.717) is 144 Å². The first-order chi connectivity index (χ1) is 47.5. The summed E-state index contributed by atoms with van der Waals surface area (Å²) < 4.78 is 131. The molecule has 2 aliphatic heterocycles. The molecule has 4 atom stereocenters. The lowest BCUT2D eigenvalue weighted by Crippen LogP contribution is -2.43. The van der Waals surface area contributed by atoms with Gasteiger partial charge in [0.25, 0.3) is 0 Å². The van der Waals surface area contributed by atoms with Gasteiger partial charge in [0.15, 0.2) is 0 Å². The highest BCUT2D eigenvalue weighted by Gasteiger charge is 2.40. The number of benzene rings is 4. The van der Waals surface area contributed by atoms with Gasteiger partial charge in [-0.25, -0.2) is 26.3 Å². The molecule has 8 rings (SSSR count). The van der Waals surface area contributed by atoms with Gasteiger partial charge in [-0.2, -0.15) is 0 Å². The number of nitrogens with one attached hydrogen (secondary N) is 4. The molecule has 0 unspecified atom stereocenters. The average Bonchev–Trinajstić information content (AvgIpc) is 1.67. The van der Waals surface area contributed by atoms with Gasteiger partial charge in [-0.1, -0.05) is 61.4 Å². The fourth-order valence-electron chi connectivity index (χ4n) is 11.9. The van der Waals surface area contributed by atoms with Crippen molar-refractivity contribution in [3.05, 3.63) is 119 Å². The van der Waals surface area contributed by atoms with Gasteiger partial charge >= 0.3 is 0 Å². The molecule has 25 nitrogen and oxygen atoms in total. The summed E-state index contributed by atoms with van der Waals surface area (Å²) in [5.41, 5.74) is 5.03. The van der Waals surface area contributed by atoms with Crippen molar-refractivity contribution >= 4 is 31.9 Å². The van der Waals surface area contributed by atoms with Gasteiger partial charge in [-0.3, -0.25) is 19.4 Å². The lowest BCUT2D eigenvalue weighted by Gasteiger charge is -2.35. The Kier molecular flexibility index (Phi) is 35.7. The Morgan fingerprint density at radius 2 is 0.639 bits per heavy atom. The molecule has 540 valence electrons. The molecule has 2 saturated heterocycles. The first-order valence-electron chi connectivity index (χ1n) is 34.6. The number of carbonyl (C=O) groups excluding carboxylic acids is 2. The average molecular weight is 1400 g/mol. The van der Waals surface area contributed by atoms with Crippen LogP contribution in [0.4, 0.5) is 0 Å². The highest BCUT2D eigenvalue weighted by Crippen LogP contribution is 2.41. The molecular weight excluding hydrogens is 1290 g/mol. The minimum atomic E-state index is -3.73. The van der Waals surface area contributed by atoms with Crippen LogP contribution in [0.3, 0.4) is 0 Å². The number of fused-ring (bicyclic) bond motifs is 2. The Balaban J connectivity index is 0.494. The Morgan fingerprint density at radius 1 is 0.351 bits per heavy atom. The largest absolute Gasteiger partial charge is 0.484 e. The minimum Gasteiger partial charge on any atom is -0.484 e. The molecule has 27 heteroatoms. The third-order valence-corrected chi connectivity index (χ3v) is 19.9. The van der Waals surface area contributed by atoms with E-state index in [1.165, 1.54) is 60.8 Å². The predicted molar refractivity (Wildman–Crippen MR) is 363 cm³/mol. The van der Waals surface area contributed by atoms with Crippen molar-refractivity contribution in [3.63, 3.8) is 0 Å². The molecule has 0 radical (unpaired) electrons. The quantitative estimate of drug-likeness (QED) is 0.0414. The minimum absolute atomic E-state index is 0.105. The zero-order valence-electron chi connectivity index (χ0n) is 56.3. The van der Waals surface area contributed by atoms with E-state index in [0.717, 1.165) is 39.0 Å². The van der Waals surface area contributed by atoms with Crippen LogP contribution in [-0.2, 0) is 94.6 Å². The summed E-state index contributed by atoms with van der Waals surface area (Å²) >= 11 is 0. The molecule has 0 aromatic heterocycles. The summed E-state index contributed by atoms with van der Waals surface area (Å²) in [4.78, 5) is 29.7. The maximum absolute atomic E-state index is 13.0. The number of likely N-dealkylation sites (tertiary alicyclic amines) is 2. The molecule has 2 aliphatic carbocycles. The zero-order chi connectivity index (χ0) is 67.9. The second-order valence-corrected chi connectivity index (χ2v) is 27.4. The Bertz CT molecular complexity index is 2870. The number of sulfonamides is 2. The van der Waals surface area contributed by atoms with Crippen molar-refractivity contribution in [2.45, 2.75) is 98.3 Å². The lowest BCUT2D eigenvalue weighted by molar-refractivity contribution is -0.123. The topological polar surface area (TPSA) is 277 Å². The van der Waals surface area contributed by atoms with Crippen LogP contribution in [0.25, 0.3) is 0 Å². The highest BCUT2D eigenvalue weighted by atomic mass is 32.2. The van der Waals surface area contributed by atoms with E-state index < -0.39 is 20.0 Å². The zero-order valence-corrected chi connectivity index (χ0v) is 57.9. The Morgan fingerprint density at radius 3 is 0.969 bits per heavy atom. The fraction of sp³-hybridized carbons (Fsp3) is 0.629. The molecule has 2 fully saturated rings. The monoisotopic (exact) mass is 1400 g/mol. The number of nitrogens with zero attached hydrogens (tertiary/aromatic N) is 2. The number of piperidine rings is 2. The van der Waals surface area contributed by atoms with E-state index in [1.54, 1.807) is 48.5 Å². The first kappa shape index (κ1) is 77.5. The molecule has 2 heterocycles. The molecule has 0 saturated carbocycles. The van der Waals surface area contributed by atoms with Crippen molar-refractivity contribution in [3.8, 4) is 11.5 Å². The number of hydrogen-bond acceptors (Lipinski definition) is 21. The van der Waals surface area contributed by atoms with Crippen molar-refractivity contribution < 1.29 is 88.0 Å². The summed E-state index contributed by atoms with van der Waals surface area (Å²) in [6, 6.07) is 30.6. The standard InChI is InChI=1S/C70H104N6O19S2/c77-67(71-25-35-85-41-47-91-49-43-87-37-27-73-96(79,80)61-19-15-59(16-20-61)94-69-63-13-5-3-11-57(63)55-65(69)75-29-7-1-8-30-75)23-33-83-39-45-89-51-53-93-54-52-90-46-40-84-34-24-68(78)72-26-36-86-42-48-92-50-44-88-38-28-74-97(81,82)62-21-17-60(18-22-62)95-70-64-14-6-4-12-58(64)56-66(70)76-31-9-2-10-32-76/h3-6,11-22,65-66,69-70,73-74H,1-2,7-10,23-56H2,(H,71,77)(H,72,78)/t65-,66-,69-,70-/m0/s1. The third-order valence-electron chi connectivity index (χ3n) is 16.9. The van der Waals surface area contributed by atoms with E-state index in [-0.39, 0.29) is 98.3 Å². The number of amides is 2. The second-order valence-electron chi connectivity index (χ2n) is 23.9. The van der Waals surface area contributed by atoms with Crippen molar-refractivity contribution in [2.24, 2.45) is 0 Å². The van der Waals surface area contributed by atoms with Gasteiger partial charge in [0.05, 0.1) is 167 Å². The van der Waals surface area contributed by atoms with E-state index >= 15 is 0 Å². The van der Waals surface area contributed by atoms with Crippen LogP contribution >= 0.6 is 0 Å². The van der Waals surface area contributed by atoms with E-state index in [1.807, 2.05) is 0 Å². The summed E-state index contributed by atoms with van der Waals surface area (Å²) in [6.07, 6.45) is 9.46. The Hall–Kier alpha value is -5.28. The molecule has 97 heavy (non-hydrogen) atoms. The highest BCUT2D eigenvalue weighted by molar-refractivity contribution is 7.89. The van der Waals surface area contributed by atoms with Crippen LogP contribution in [0.1, 0.15) is 85.8 Å². The van der Waals surface area contributed by atoms with Gasteiger partial charge in [0.1, 0.15) is 23.7 Å². The van der Waals surface area contributed by atoms with Gasteiger partial charge in [0, 0.05) is 39.0 Å². The first-order valence-corrected chi connectivity index (χ1v) is 37.6. The molecule has 4 N–H and O–H groups in total. The van der Waals surface area contributed by atoms with Crippen LogP contribution in [0, 0.1) is 0 Å².